The van der Waals surface area contributed by atoms with Gasteiger partial charge in [-0.1, -0.05) is 11.6 Å². The van der Waals surface area contributed by atoms with Gasteiger partial charge in [-0.05, 0) is 0 Å². The fourth-order valence-electron chi connectivity index (χ4n) is 1.46. The number of aliphatic hydroxyl groups excluding tert-OH is 2. The number of fused-ring (bicyclic) bond motifs is 1. The normalized spacial score (nSPS) is 14.4. The number of hydrogen-bond acceptors (Lipinski definition) is 7. The van der Waals surface area contributed by atoms with E-state index in [1.54, 1.807) is 0 Å². The maximum Gasteiger partial charge on any atom is 0.337 e. The summed E-state index contributed by atoms with van der Waals surface area (Å²) in [6.45, 7) is 0. The van der Waals surface area contributed by atoms with Gasteiger partial charge in [-0.2, -0.15) is 5.10 Å². The van der Waals surface area contributed by atoms with Crippen LogP contribution in [0.5, 0.6) is 0 Å². The van der Waals surface area contributed by atoms with Crippen molar-refractivity contribution >= 4 is 28.6 Å². The lowest BCUT2D eigenvalue weighted by molar-refractivity contribution is -0.156. The second-order valence-corrected chi connectivity index (χ2v) is 3.77. The molecule has 0 saturated heterocycles. The van der Waals surface area contributed by atoms with Crippen LogP contribution in [-0.2, 0) is 9.53 Å². The molecule has 2 atom stereocenters. The summed E-state index contributed by atoms with van der Waals surface area (Å²) >= 11 is 5.85. The van der Waals surface area contributed by atoms with Crippen molar-refractivity contribution in [3.63, 3.8) is 0 Å². The van der Waals surface area contributed by atoms with E-state index in [2.05, 4.69) is 24.9 Å². The quantitative estimate of drug-likeness (QED) is 0.512. The van der Waals surface area contributed by atoms with Gasteiger partial charge in [0.15, 0.2) is 11.8 Å². The topological polar surface area (TPSA) is 121 Å². The minimum atomic E-state index is -1.75. The minimum Gasteiger partial charge on any atom is -0.467 e. The average molecular weight is 273 g/mol. The molecule has 8 nitrogen and oxygen atoms in total. The first-order chi connectivity index (χ1) is 8.56. The van der Waals surface area contributed by atoms with E-state index < -0.39 is 18.2 Å². The van der Waals surface area contributed by atoms with Crippen LogP contribution in [0.15, 0.2) is 6.33 Å². The third-order valence-electron chi connectivity index (χ3n) is 2.37. The number of methoxy groups -OCH3 is 1. The standard InChI is InChI=1S/C9H9ClN4O4/c1-18-9(17)6(16)5(15)4-3-7(10)11-2-12-8(3)14-13-4/h2,5-6,15-16H,1H3,(H,11,12,13,14). The second-order valence-electron chi connectivity index (χ2n) is 3.41. The molecule has 2 unspecified atom stereocenters. The summed E-state index contributed by atoms with van der Waals surface area (Å²) in [6, 6.07) is 0. The van der Waals surface area contributed by atoms with Gasteiger partial charge in [0.25, 0.3) is 0 Å². The Balaban J connectivity index is 2.45. The predicted molar refractivity (Wildman–Crippen MR) is 59.7 cm³/mol. The molecule has 18 heavy (non-hydrogen) atoms. The van der Waals surface area contributed by atoms with Crippen molar-refractivity contribution in [2.45, 2.75) is 12.2 Å². The molecule has 0 aliphatic heterocycles. The largest absolute Gasteiger partial charge is 0.467 e. The van der Waals surface area contributed by atoms with Crippen LogP contribution in [-0.4, -0.2) is 49.6 Å². The number of nitrogens with one attached hydrogen (secondary N) is 1. The van der Waals surface area contributed by atoms with Crippen molar-refractivity contribution in [1.82, 2.24) is 20.2 Å². The van der Waals surface area contributed by atoms with Crippen molar-refractivity contribution in [2.75, 3.05) is 7.11 Å². The van der Waals surface area contributed by atoms with E-state index in [4.69, 9.17) is 11.6 Å². The number of aliphatic hydroxyl groups is 2. The molecule has 0 aromatic carbocycles. The van der Waals surface area contributed by atoms with Crippen LogP contribution in [0.2, 0.25) is 5.15 Å². The summed E-state index contributed by atoms with van der Waals surface area (Å²) in [5.74, 6) is -0.974. The zero-order valence-electron chi connectivity index (χ0n) is 9.16. The van der Waals surface area contributed by atoms with Crippen LogP contribution in [0.4, 0.5) is 0 Å². The molecule has 0 saturated carbocycles. The van der Waals surface area contributed by atoms with E-state index in [1.165, 1.54) is 6.33 Å². The Bertz CT molecular complexity index is 587. The van der Waals surface area contributed by atoms with E-state index in [0.29, 0.717) is 0 Å². The first kappa shape index (κ1) is 12.7. The molecule has 2 rings (SSSR count). The zero-order chi connectivity index (χ0) is 13.3. The Morgan fingerprint density at radius 1 is 1.50 bits per heavy atom. The molecule has 2 aromatic heterocycles. The smallest absolute Gasteiger partial charge is 0.337 e. The number of aromatic amines is 1. The molecular formula is C9H9ClN4O4. The summed E-state index contributed by atoms with van der Waals surface area (Å²) in [5, 5.41) is 26.0. The number of esters is 1. The molecule has 0 fully saturated rings. The van der Waals surface area contributed by atoms with Crippen LogP contribution >= 0.6 is 11.6 Å². The minimum absolute atomic E-state index is 0.0495. The molecule has 0 spiro atoms. The molecule has 2 aromatic rings. The molecule has 9 heteroatoms. The zero-order valence-corrected chi connectivity index (χ0v) is 9.92. The van der Waals surface area contributed by atoms with Crippen molar-refractivity contribution in [1.29, 1.82) is 0 Å². The molecule has 2 heterocycles. The van der Waals surface area contributed by atoms with Crippen LogP contribution in [0.25, 0.3) is 11.0 Å². The monoisotopic (exact) mass is 272 g/mol. The molecule has 3 N–H and O–H groups in total. The van der Waals surface area contributed by atoms with Crippen LogP contribution in [0.3, 0.4) is 0 Å². The summed E-state index contributed by atoms with van der Waals surface area (Å²) < 4.78 is 4.33. The molecular weight excluding hydrogens is 264 g/mol. The first-order valence-corrected chi connectivity index (χ1v) is 5.22. The highest BCUT2D eigenvalue weighted by Crippen LogP contribution is 2.27. The van der Waals surface area contributed by atoms with Gasteiger partial charge in [0.1, 0.15) is 17.6 Å². The molecule has 96 valence electrons. The number of nitrogens with zero attached hydrogens (tertiary/aromatic N) is 3. The van der Waals surface area contributed by atoms with E-state index in [-0.39, 0.29) is 21.9 Å². The van der Waals surface area contributed by atoms with Gasteiger partial charge in [-0.15, -0.1) is 0 Å². The van der Waals surface area contributed by atoms with Crippen LogP contribution in [0.1, 0.15) is 11.8 Å². The van der Waals surface area contributed by atoms with Gasteiger partial charge in [0.2, 0.25) is 0 Å². The number of H-pyrrole nitrogens is 1. The molecule has 0 aliphatic rings. The maximum atomic E-state index is 11.1. The second kappa shape index (κ2) is 4.84. The summed E-state index contributed by atoms with van der Waals surface area (Å²) in [7, 11) is 1.10. The Kier molecular flexibility index (Phi) is 3.41. The Morgan fingerprint density at radius 3 is 2.89 bits per heavy atom. The number of halogens is 1. The maximum absolute atomic E-state index is 11.1. The number of rotatable bonds is 3. The highest BCUT2D eigenvalue weighted by atomic mass is 35.5. The number of ether oxygens (including phenoxy) is 1. The van der Waals surface area contributed by atoms with Gasteiger partial charge >= 0.3 is 5.97 Å². The number of hydrogen-bond donors (Lipinski definition) is 3. The Labute approximate surface area is 106 Å². The molecule has 0 radical (unpaired) electrons. The lowest BCUT2D eigenvalue weighted by Crippen LogP contribution is -2.29. The van der Waals surface area contributed by atoms with Gasteiger partial charge in [0, 0.05) is 0 Å². The van der Waals surface area contributed by atoms with Crippen molar-refractivity contribution in [3.05, 3.63) is 17.2 Å². The average Bonchev–Trinajstić information content (AvgIpc) is 2.81. The molecule has 0 bridgehead atoms. The highest BCUT2D eigenvalue weighted by Gasteiger charge is 2.30. The fourth-order valence-corrected chi connectivity index (χ4v) is 1.69. The molecule has 0 amide bonds. The van der Waals surface area contributed by atoms with Gasteiger partial charge in [-0.25, -0.2) is 14.8 Å². The predicted octanol–water partition coefficient (Wildman–Crippen LogP) is -0.426. The number of carbonyl (C=O) groups is 1. The van der Waals surface area contributed by atoms with Crippen LogP contribution in [0, 0.1) is 0 Å². The van der Waals surface area contributed by atoms with E-state index in [9.17, 15) is 15.0 Å². The van der Waals surface area contributed by atoms with E-state index in [1.807, 2.05) is 0 Å². The van der Waals surface area contributed by atoms with Crippen molar-refractivity contribution < 1.29 is 19.7 Å². The summed E-state index contributed by atoms with van der Waals surface area (Å²) in [4.78, 5) is 18.7. The van der Waals surface area contributed by atoms with E-state index in [0.717, 1.165) is 7.11 Å². The summed E-state index contributed by atoms with van der Waals surface area (Å²) in [6.07, 6.45) is -2.11. The first-order valence-electron chi connectivity index (χ1n) is 4.84. The van der Waals surface area contributed by atoms with Crippen molar-refractivity contribution in [2.24, 2.45) is 0 Å². The third kappa shape index (κ3) is 2.01. The Morgan fingerprint density at radius 2 is 2.22 bits per heavy atom. The third-order valence-corrected chi connectivity index (χ3v) is 2.66. The molecule has 0 aliphatic carbocycles. The van der Waals surface area contributed by atoms with Gasteiger partial charge in [0.05, 0.1) is 18.2 Å². The number of carbonyl (C=O) groups excluding carboxylic acids is 1. The SMILES string of the molecule is COC(=O)C(O)C(O)c1[nH]nc2ncnc(Cl)c12. The number of aromatic nitrogens is 4. The lowest BCUT2D eigenvalue weighted by Gasteiger charge is -2.14. The lowest BCUT2D eigenvalue weighted by atomic mass is 10.1. The Hall–Kier alpha value is -1.77. The van der Waals surface area contributed by atoms with Crippen molar-refractivity contribution in [3.8, 4) is 0 Å². The van der Waals surface area contributed by atoms with Crippen LogP contribution < -0.4 is 0 Å². The van der Waals surface area contributed by atoms with Gasteiger partial charge < -0.3 is 14.9 Å². The van der Waals surface area contributed by atoms with Gasteiger partial charge in [-0.3, -0.25) is 5.10 Å². The summed E-state index contributed by atoms with van der Waals surface area (Å²) in [5.41, 5.74) is 0.273. The van der Waals surface area contributed by atoms with E-state index >= 15 is 0 Å². The fraction of sp³-hybridized carbons (Fsp3) is 0.333. The highest BCUT2D eigenvalue weighted by molar-refractivity contribution is 6.34.